The Morgan fingerprint density at radius 3 is 2.35 bits per heavy atom. The van der Waals surface area contributed by atoms with Crippen molar-refractivity contribution >= 4 is 11.6 Å². The van der Waals surface area contributed by atoms with Crippen LogP contribution in [0.4, 0.5) is 0 Å². The van der Waals surface area contributed by atoms with Gasteiger partial charge in [0.05, 0.1) is 19.2 Å². The maximum absolute atomic E-state index is 10.5. The molecule has 0 aliphatic carbocycles. The van der Waals surface area contributed by atoms with Crippen molar-refractivity contribution in [2.24, 2.45) is 0 Å². The summed E-state index contributed by atoms with van der Waals surface area (Å²) in [7, 11) is 3.14. The van der Waals surface area contributed by atoms with Crippen LogP contribution >= 0.6 is 11.6 Å². The molecular weight excluding hydrogens is 276 g/mol. The smallest absolute Gasteiger partial charge is 0.137 e. The summed E-state index contributed by atoms with van der Waals surface area (Å²) in [4.78, 5) is 0. The van der Waals surface area contributed by atoms with Crippen LogP contribution in [-0.4, -0.2) is 19.3 Å². The van der Waals surface area contributed by atoms with Gasteiger partial charge in [0.15, 0.2) is 0 Å². The molecule has 0 radical (unpaired) electrons. The molecule has 0 spiro atoms. The van der Waals surface area contributed by atoms with Crippen LogP contribution in [0, 0.1) is 6.92 Å². The molecule has 1 unspecified atom stereocenters. The SMILES string of the molecule is COc1cc(C(O)c2ccc(C)cc2OC)ccc1Cl. The first-order valence-electron chi connectivity index (χ1n) is 6.23. The second-order valence-electron chi connectivity index (χ2n) is 4.54. The lowest BCUT2D eigenvalue weighted by atomic mass is 9.99. The molecule has 2 aromatic rings. The average Bonchev–Trinajstić information content (AvgIpc) is 2.46. The number of halogens is 1. The predicted octanol–water partition coefficient (Wildman–Crippen LogP) is 3.75. The highest BCUT2D eigenvalue weighted by Crippen LogP contribution is 2.34. The molecule has 4 heteroatoms. The quantitative estimate of drug-likeness (QED) is 0.933. The van der Waals surface area contributed by atoms with Crippen molar-refractivity contribution in [3.63, 3.8) is 0 Å². The Morgan fingerprint density at radius 2 is 1.70 bits per heavy atom. The van der Waals surface area contributed by atoms with E-state index in [4.69, 9.17) is 21.1 Å². The molecule has 0 saturated heterocycles. The maximum Gasteiger partial charge on any atom is 0.137 e. The van der Waals surface area contributed by atoms with E-state index >= 15 is 0 Å². The van der Waals surface area contributed by atoms with Gasteiger partial charge in [-0.05, 0) is 36.2 Å². The topological polar surface area (TPSA) is 38.7 Å². The molecule has 1 N–H and O–H groups in total. The van der Waals surface area contributed by atoms with Crippen LogP contribution in [0.2, 0.25) is 5.02 Å². The fraction of sp³-hybridized carbons (Fsp3) is 0.250. The number of aliphatic hydroxyl groups is 1. The van der Waals surface area contributed by atoms with E-state index in [0.717, 1.165) is 5.56 Å². The molecule has 2 aromatic carbocycles. The molecule has 0 heterocycles. The lowest BCUT2D eigenvalue weighted by Gasteiger charge is -2.16. The van der Waals surface area contributed by atoms with Gasteiger partial charge in [-0.3, -0.25) is 0 Å². The number of aryl methyl sites for hydroxylation is 1. The minimum Gasteiger partial charge on any atom is -0.496 e. The number of hydrogen-bond acceptors (Lipinski definition) is 3. The van der Waals surface area contributed by atoms with E-state index in [1.54, 1.807) is 32.4 Å². The number of rotatable bonds is 4. The van der Waals surface area contributed by atoms with Crippen LogP contribution in [0.25, 0.3) is 0 Å². The summed E-state index contributed by atoms with van der Waals surface area (Å²) in [6, 6.07) is 10.9. The number of benzene rings is 2. The van der Waals surface area contributed by atoms with E-state index in [1.165, 1.54) is 0 Å². The van der Waals surface area contributed by atoms with Gasteiger partial charge < -0.3 is 14.6 Å². The molecule has 1 atom stereocenters. The first kappa shape index (κ1) is 14.7. The van der Waals surface area contributed by atoms with Gasteiger partial charge >= 0.3 is 0 Å². The maximum atomic E-state index is 10.5. The Kier molecular flexibility index (Phi) is 4.53. The number of hydrogen-bond donors (Lipinski definition) is 1. The van der Waals surface area contributed by atoms with Crippen LogP contribution < -0.4 is 9.47 Å². The molecule has 0 aliphatic rings. The third-order valence-electron chi connectivity index (χ3n) is 3.17. The standard InChI is InChI=1S/C16H17ClO3/c1-10-4-6-12(14(8-10)19-2)16(18)11-5-7-13(17)15(9-11)20-3/h4-9,16,18H,1-3H3. The van der Waals surface area contributed by atoms with E-state index in [1.807, 2.05) is 25.1 Å². The molecule has 20 heavy (non-hydrogen) atoms. The highest BCUT2D eigenvalue weighted by atomic mass is 35.5. The van der Waals surface area contributed by atoms with Crippen molar-refractivity contribution in [2.75, 3.05) is 14.2 Å². The van der Waals surface area contributed by atoms with Gasteiger partial charge in [0.25, 0.3) is 0 Å². The van der Waals surface area contributed by atoms with E-state index in [2.05, 4.69) is 0 Å². The van der Waals surface area contributed by atoms with Crippen molar-refractivity contribution in [3.8, 4) is 11.5 Å². The Labute approximate surface area is 123 Å². The molecule has 0 aliphatic heterocycles. The summed E-state index contributed by atoms with van der Waals surface area (Å²) >= 11 is 6.00. The number of aliphatic hydroxyl groups excluding tert-OH is 1. The van der Waals surface area contributed by atoms with Gasteiger partial charge in [0, 0.05) is 5.56 Å². The van der Waals surface area contributed by atoms with Crippen LogP contribution in [0.3, 0.4) is 0 Å². The molecule has 0 fully saturated rings. The number of methoxy groups -OCH3 is 2. The van der Waals surface area contributed by atoms with Crippen molar-refractivity contribution in [1.82, 2.24) is 0 Å². The molecular formula is C16H17ClO3. The third-order valence-corrected chi connectivity index (χ3v) is 3.49. The van der Waals surface area contributed by atoms with Crippen molar-refractivity contribution in [1.29, 1.82) is 0 Å². The van der Waals surface area contributed by atoms with E-state index < -0.39 is 6.10 Å². The Hall–Kier alpha value is -1.71. The second kappa shape index (κ2) is 6.16. The van der Waals surface area contributed by atoms with Crippen LogP contribution in [0.5, 0.6) is 11.5 Å². The summed E-state index contributed by atoms with van der Waals surface area (Å²) in [5, 5.41) is 11.0. The first-order chi connectivity index (χ1) is 9.56. The van der Waals surface area contributed by atoms with Gasteiger partial charge in [-0.25, -0.2) is 0 Å². The largest absolute Gasteiger partial charge is 0.496 e. The van der Waals surface area contributed by atoms with Gasteiger partial charge in [0.1, 0.15) is 17.6 Å². The molecule has 0 bridgehead atoms. The summed E-state index contributed by atoms with van der Waals surface area (Å²) in [6.07, 6.45) is -0.795. The van der Waals surface area contributed by atoms with Gasteiger partial charge in [-0.15, -0.1) is 0 Å². The van der Waals surface area contributed by atoms with Gasteiger partial charge in [-0.2, -0.15) is 0 Å². The molecule has 106 valence electrons. The highest BCUT2D eigenvalue weighted by Gasteiger charge is 2.17. The minimum atomic E-state index is -0.795. The normalized spacial score (nSPS) is 12.1. The molecule has 0 amide bonds. The Balaban J connectivity index is 2.43. The zero-order valence-electron chi connectivity index (χ0n) is 11.7. The molecule has 0 saturated carbocycles. The molecule has 3 nitrogen and oxygen atoms in total. The monoisotopic (exact) mass is 292 g/mol. The summed E-state index contributed by atoms with van der Waals surface area (Å²) in [6.45, 7) is 1.98. The van der Waals surface area contributed by atoms with Crippen molar-refractivity contribution < 1.29 is 14.6 Å². The van der Waals surface area contributed by atoms with Crippen LogP contribution in [0.15, 0.2) is 36.4 Å². The van der Waals surface area contributed by atoms with Crippen molar-refractivity contribution in [2.45, 2.75) is 13.0 Å². The molecule has 2 rings (SSSR count). The van der Waals surface area contributed by atoms with E-state index in [-0.39, 0.29) is 0 Å². The summed E-state index contributed by atoms with van der Waals surface area (Å²) in [5.74, 6) is 1.20. The van der Waals surface area contributed by atoms with Gasteiger partial charge in [-0.1, -0.05) is 29.8 Å². The average molecular weight is 293 g/mol. The van der Waals surface area contributed by atoms with Crippen LogP contribution in [-0.2, 0) is 0 Å². The Morgan fingerprint density at radius 1 is 1.00 bits per heavy atom. The minimum absolute atomic E-state index is 0.513. The lowest BCUT2D eigenvalue weighted by molar-refractivity contribution is 0.214. The van der Waals surface area contributed by atoms with Gasteiger partial charge in [0.2, 0.25) is 0 Å². The summed E-state index contributed by atoms with van der Waals surface area (Å²) in [5.41, 5.74) is 2.49. The number of ether oxygens (including phenoxy) is 2. The first-order valence-corrected chi connectivity index (χ1v) is 6.60. The summed E-state index contributed by atoms with van der Waals surface area (Å²) < 4.78 is 10.5. The highest BCUT2D eigenvalue weighted by molar-refractivity contribution is 6.32. The van der Waals surface area contributed by atoms with Crippen molar-refractivity contribution in [3.05, 3.63) is 58.1 Å². The second-order valence-corrected chi connectivity index (χ2v) is 4.95. The zero-order chi connectivity index (χ0) is 14.7. The third kappa shape index (κ3) is 2.89. The molecule has 0 aromatic heterocycles. The fourth-order valence-electron chi connectivity index (χ4n) is 2.07. The van der Waals surface area contributed by atoms with Crippen LogP contribution in [0.1, 0.15) is 22.8 Å². The predicted molar refractivity (Wildman–Crippen MR) is 79.8 cm³/mol. The lowest BCUT2D eigenvalue weighted by Crippen LogP contribution is -2.03. The Bertz CT molecular complexity index is 611. The zero-order valence-corrected chi connectivity index (χ0v) is 12.4. The van der Waals surface area contributed by atoms with E-state index in [9.17, 15) is 5.11 Å². The van der Waals surface area contributed by atoms with E-state index in [0.29, 0.717) is 27.6 Å². The fourth-order valence-corrected chi connectivity index (χ4v) is 2.26.